The number of rotatable bonds is 1. The summed E-state index contributed by atoms with van der Waals surface area (Å²) >= 11 is 0. The van der Waals surface area contributed by atoms with Crippen LogP contribution in [0.2, 0.25) is 0 Å². The topological polar surface area (TPSA) is 62.7 Å². The Bertz CT molecular complexity index is 597. The first-order valence-electron chi connectivity index (χ1n) is 7.41. The Labute approximate surface area is 138 Å². The summed E-state index contributed by atoms with van der Waals surface area (Å²) in [4.78, 5) is 18.2. The number of aliphatic hydroxyl groups excluding tert-OH is 1. The molecule has 0 aliphatic carbocycles. The molecule has 0 radical (unpaired) electrons. The van der Waals surface area contributed by atoms with Gasteiger partial charge in [0.15, 0.2) is 0 Å². The summed E-state index contributed by atoms with van der Waals surface area (Å²) in [7, 11) is 1.00. The number of nitrogens with zero attached hydrogens (tertiary/aromatic N) is 2. The number of aromatic nitrogens is 1. The van der Waals surface area contributed by atoms with Gasteiger partial charge in [-0.25, -0.2) is 4.79 Å². The molecule has 1 aliphatic heterocycles. The molecule has 5 nitrogen and oxygen atoms in total. The fourth-order valence-electron chi connectivity index (χ4n) is 2.22. The molecule has 0 fully saturated rings. The van der Waals surface area contributed by atoms with E-state index in [9.17, 15) is 4.79 Å². The molecule has 23 heavy (non-hydrogen) atoms. The van der Waals surface area contributed by atoms with Gasteiger partial charge in [-0.05, 0) is 38.8 Å². The van der Waals surface area contributed by atoms with Crippen LogP contribution >= 0.6 is 0 Å². The third kappa shape index (κ3) is 5.42. The molecule has 1 aliphatic rings. The maximum absolute atomic E-state index is 12.4. The molecule has 5 heteroatoms. The Morgan fingerprint density at radius 2 is 2.09 bits per heavy atom. The lowest BCUT2D eigenvalue weighted by atomic mass is 10.00. The van der Waals surface area contributed by atoms with Gasteiger partial charge in [0, 0.05) is 31.6 Å². The minimum atomic E-state index is -0.512. The van der Waals surface area contributed by atoms with Crippen LogP contribution in [0.1, 0.15) is 44.4 Å². The van der Waals surface area contributed by atoms with Crippen molar-refractivity contribution in [3.8, 4) is 12.3 Å². The number of aliphatic hydroxyl groups is 1. The highest BCUT2D eigenvalue weighted by Gasteiger charge is 2.29. The zero-order valence-electron chi connectivity index (χ0n) is 14.1. The van der Waals surface area contributed by atoms with E-state index in [0.717, 1.165) is 19.1 Å². The molecule has 0 saturated heterocycles. The molecule has 1 aromatic heterocycles. The summed E-state index contributed by atoms with van der Waals surface area (Å²) in [6.45, 7) is 6.11. The zero-order valence-corrected chi connectivity index (χ0v) is 14.1. The van der Waals surface area contributed by atoms with Crippen LogP contribution in [-0.4, -0.2) is 40.3 Å². The van der Waals surface area contributed by atoms with Gasteiger partial charge < -0.3 is 9.84 Å². The Balaban J connectivity index is 0.00000127. The number of pyridine rings is 1. The van der Waals surface area contributed by atoms with E-state index in [1.165, 1.54) is 0 Å². The molecule has 0 saturated carbocycles. The summed E-state index contributed by atoms with van der Waals surface area (Å²) in [6, 6.07) is 1.81. The van der Waals surface area contributed by atoms with Gasteiger partial charge in [-0.15, -0.1) is 6.42 Å². The smallest absolute Gasteiger partial charge is 0.411 e. The van der Waals surface area contributed by atoms with E-state index < -0.39 is 5.60 Å². The Morgan fingerprint density at radius 1 is 1.39 bits per heavy atom. The number of ether oxygens (including phenoxy) is 1. The van der Waals surface area contributed by atoms with Crippen LogP contribution in [0.25, 0.3) is 0 Å². The average molecular weight is 316 g/mol. The Kier molecular flexibility index (Phi) is 6.80. The number of carbonyl (C=O) groups is 1. The van der Waals surface area contributed by atoms with Gasteiger partial charge in [0.2, 0.25) is 0 Å². The van der Waals surface area contributed by atoms with Crippen LogP contribution < -0.4 is 0 Å². The van der Waals surface area contributed by atoms with Gasteiger partial charge >= 0.3 is 6.09 Å². The minimum absolute atomic E-state index is 0.0920. The minimum Gasteiger partial charge on any atom is -0.444 e. The van der Waals surface area contributed by atoms with Crippen LogP contribution in [0.15, 0.2) is 30.6 Å². The fourth-order valence-corrected chi connectivity index (χ4v) is 2.22. The maximum Gasteiger partial charge on any atom is 0.411 e. The van der Waals surface area contributed by atoms with Crippen molar-refractivity contribution in [3.63, 3.8) is 0 Å². The fraction of sp³-hybridized carbons (Fsp3) is 0.444. The lowest BCUT2D eigenvalue weighted by Crippen LogP contribution is -2.40. The summed E-state index contributed by atoms with van der Waals surface area (Å²) in [6.07, 6.45) is 13.3. The number of hydrogen-bond acceptors (Lipinski definition) is 4. The highest BCUT2D eigenvalue weighted by atomic mass is 16.6. The molecule has 0 bridgehead atoms. The average Bonchev–Trinajstić information content (AvgIpc) is 2.55. The molecule has 1 aromatic rings. The largest absolute Gasteiger partial charge is 0.444 e. The van der Waals surface area contributed by atoms with Gasteiger partial charge in [-0.1, -0.05) is 18.1 Å². The van der Waals surface area contributed by atoms with Crippen LogP contribution in [0.5, 0.6) is 0 Å². The molecule has 1 N–H and O–H groups in total. The zero-order chi connectivity index (χ0) is 17.5. The molecule has 2 rings (SSSR count). The van der Waals surface area contributed by atoms with Crippen LogP contribution in [-0.2, 0) is 4.74 Å². The first-order valence-corrected chi connectivity index (χ1v) is 7.41. The van der Waals surface area contributed by atoms with Crippen molar-refractivity contribution in [2.45, 2.75) is 38.8 Å². The Hall–Kier alpha value is -2.32. The summed E-state index contributed by atoms with van der Waals surface area (Å²) in [5.41, 5.74) is 1.13. The lowest BCUT2D eigenvalue weighted by Gasteiger charge is -2.34. The molecule has 1 unspecified atom stereocenters. The molecule has 0 spiro atoms. The first-order chi connectivity index (χ1) is 10.9. The van der Waals surface area contributed by atoms with Crippen molar-refractivity contribution >= 4 is 6.09 Å². The molecular formula is C18H24N2O3. The molecule has 2 heterocycles. The number of carbonyl (C=O) groups excluding carboxylic acids is 1. The Morgan fingerprint density at radius 3 is 2.70 bits per heavy atom. The van der Waals surface area contributed by atoms with Crippen molar-refractivity contribution in [1.82, 2.24) is 9.88 Å². The maximum atomic E-state index is 12.4. The van der Waals surface area contributed by atoms with Crippen molar-refractivity contribution < 1.29 is 14.6 Å². The summed E-state index contributed by atoms with van der Waals surface area (Å²) in [5.74, 6) is 2.57. The standard InChI is InChI=1S/C17H20N2O2.CH4O/c1-5-13-10-14(12-18-11-13)15-8-6-7-9-19(15)16(20)21-17(2,3)4;1-2/h1,6-7,10-12,15H,8-9H2,2-4H3;2H,1H3. The van der Waals surface area contributed by atoms with Gasteiger partial charge in [0.05, 0.1) is 6.04 Å². The summed E-state index contributed by atoms with van der Waals surface area (Å²) < 4.78 is 5.48. The highest BCUT2D eigenvalue weighted by Crippen LogP contribution is 2.29. The lowest BCUT2D eigenvalue weighted by molar-refractivity contribution is 0.0175. The second-order valence-electron chi connectivity index (χ2n) is 6.01. The van der Waals surface area contributed by atoms with E-state index in [1.807, 2.05) is 32.9 Å². The van der Waals surface area contributed by atoms with E-state index >= 15 is 0 Å². The second kappa shape index (κ2) is 8.35. The van der Waals surface area contributed by atoms with E-state index in [-0.39, 0.29) is 12.1 Å². The molecule has 1 amide bonds. The number of amides is 1. The monoisotopic (exact) mass is 316 g/mol. The third-order valence-corrected chi connectivity index (χ3v) is 3.14. The van der Waals surface area contributed by atoms with Crippen LogP contribution in [0.4, 0.5) is 4.79 Å². The predicted molar refractivity (Wildman–Crippen MR) is 89.8 cm³/mol. The first kappa shape index (κ1) is 18.7. The normalized spacial score (nSPS) is 16.9. The van der Waals surface area contributed by atoms with Crippen molar-refractivity contribution in [2.24, 2.45) is 0 Å². The highest BCUT2D eigenvalue weighted by molar-refractivity contribution is 5.69. The van der Waals surface area contributed by atoms with Gasteiger partial charge in [0.25, 0.3) is 0 Å². The van der Waals surface area contributed by atoms with E-state index in [4.69, 9.17) is 16.3 Å². The van der Waals surface area contributed by atoms with E-state index in [0.29, 0.717) is 12.1 Å². The second-order valence-corrected chi connectivity index (χ2v) is 6.01. The summed E-state index contributed by atoms with van der Waals surface area (Å²) in [5, 5.41) is 7.00. The van der Waals surface area contributed by atoms with Crippen molar-refractivity contribution in [3.05, 3.63) is 41.7 Å². The molecular weight excluding hydrogens is 292 g/mol. The number of hydrogen-bond donors (Lipinski definition) is 1. The third-order valence-electron chi connectivity index (χ3n) is 3.14. The van der Waals surface area contributed by atoms with Gasteiger partial charge in [-0.2, -0.15) is 0 Å². The van der Waals surface area contributed by atoms with E-state index in [2.05, 4.69) is 17.0 Å². The van der Waals surface area contributed by atoms with Crippen molar-refractivity contribution in [2.75, 3.05) is 13.7 Å². The predicted octanol–water partition coefficient (Wildman–Crippen LogP) is 2.91. The van der Waals surface area contributed by atoms with Crippen molar-refractivity contribution in [1.29, 1.82) is 0 Å². The van der Waals surface area contributed by atoms with Gasteiger partial charge in [-0.3, -0.25) is 9.88 Å². The molecule has 124 valence electrons. The quantitative estimate of drug-likeness (QED) is 0.639. The van der Waals surface area contributed by atoms with Gasteiger partial charge in [0.1, 0.15) is 5.60 Å². The molecule has 1 atom stereocenters. The van der Waals surface area contributed by atoms with Crippen LogP contribution in [0.3, 0.4) is 0 Å². The van der Waals surface area contributed by atoms with E-state index in [1.54, 1.807) is 17.3 Å². The number of terminal acetylenes is 1. The molecule has 0 aromatic carbocycles. The SMILES string of the molecule is C#Cc1cncc(C2CC=CCN2C(=O)OC(C)(C)C)c1.CO. The van der Waals surface area contributed by atoms with Crippen LogP contribution in [0, 0.1) is 12.3 Å².